The van der Waals surface area contributed by atoms with E-state index in [-0.39, 0.29) is 16.4 Å². The first-order chi connectivity index (χ1) is 15.6. The number of fused-ring (bicyclic) bond motifs is 1. The van der Waals surface area contributed by atoms with Crippen molar-refractivity contribution in [1.82, 2.24) is 30.2 Å². The van der Waals surface area contributed by atoms with Gasteiger partial charge >= 0.3 is 6.18 Å². The van der Waals surface area contributed by atoms with Gasteiger partial charge in [0.15, 0.2) is 5.69 Å². The minimum atomic E-state index is -4.70. The summed E-state index contributed by atoms with van der Waals surface area (Å²) < 4.78 is 39.0. The minimum Gasteiger partial charge on any atom is -0.342 e. The molecule has 0 aliphatic carbocycles. The molecule has 0 bridgehead atoms. The number of carbonyl (C=O) groups is 2. The van der Waals surface area contributed by atoms with E-state index in [1.165, 1.54) is 23.9 Å². The van der Waals surface area contributed by atoms with Gasteiger partial charge in [0.25, 0.3) is 11.8 Å². The third kappa shape index (κ3) is 4.91. The summed E-state index contributed by atoms with van der Waals surface area (Å²) in [5.41, 5.74) is 0.921. The zero-order valence-electron chi connectivity index (χ0n) is 16.3. The van der Waals surface area contributed by atoms with Crippen LogP contribution in [0.4, 0.5) is 19.0 Å². The first-order valence-electron chi connectivity index (χ1n) is 8.98. The van der Waals surface area contributed by atoms with Crippen LogP contribution >= 0.6 is 34.3 Å². The van der Waals surface area contributed by atoms with Crippen molar-refractivity contribution in [2.75, 3.05) is 5.32 Å². The first-order valence-corrected chi connectivity index (χ1v) is 11.1. The number of nitrogens with one attached hydrogen (secondary N) is 2. The molecule has 0 spiro atoms. The minimum absolute atomic E-state index is 0.108. The molecule has 2 N–H and O–H groups in total. The van der Waals surface area contributed by atoms with Crippen molar-refractivity contribution >= 4 is 62.3 Å². The number of nitrogens with zero attached hydrogens (tertiary/aromatic N) is 5. The summed E-state index contributed by atoms with van der Waals surface area (Å²) in [5.74, 6) is -1.52. The number of amides is 2. The van der Waals surface area contributed by atoms with E-state index in [0.29, 0.717) is 21.4 Å². The SMILES string of the molecule is C[C@H](NC(=O)c1ncnc2scnc12)c1ncc(C(=O)Nc2cc(C(F)(F)F)c(Cl)cn2)s1. The van der Waals surface area contributed by atoms with E-state index in [4.69, 9.17) is 11.6 Å². The Bertz CT molecular complexity index is 1360. The molecule has 0 radical (unpaired) electrons. The highest BCUT2D eigenvalue weighted by molar-refractivity contribution is 7.16. The van der Waals surface area contributed by atoms with Crippen molar-refractivity contribution in [3.05, 3.63) is 56.5 Å². The van der Waals surface area contributed by atoms with Crippen LogP contribution < -0.4 is 10.6 Å². The third-order valence-electron chi connectivity index (χ3n) is 4.22. The molecular formula is C18H11ClF3N7O2S2. The molecule has 0 saturated heterocycles. The number of hydrogen-bond donors (Lipinski definition) is 2. The van der Waals surface area contributed by atoms with Gasteiger partial charge in [0.1, 0.15) is 32.4 Å². The molecule has 0 unspecified atom stereocenters. The van der Waals surface area contributed by atoms with Crippen LogP contribution in [-0.2, 0) is 6.18 Å². The van der Waals surface area contributed by atoms with Gasteiger partial charge in [0.05, 0.1) is 28.3 Å². The lowest BCUT2D eigenvalue weighted by Crippen LogP contribution is -2.27. The summed E-state index contributed by atoms with van der Waals surface area (Å²) in [5, 5.41) is 4.83. The number of hydrogen-bond acceptors (Lipinski definition) is 9. The van der Waals surface area contributed by atoms with Crippen LogP contribution in [0.1, 0.15) is 43.7 Å². The molecule has 4 aromatic rings. The number of aromatic nitrogens is 5. The van der Waals surface area contributed by atoms with E-state index >= 15 is 0 Å². The Hall–Kier alpha value is -3.23. The largest absolute Gasteiger partial charge is 0.418 e. The van der Waals surface area contributed by atoms with E-state index in [0.717, 1.165) is 17.5 Å². The van der Waals surface area contributed by atoms with Crippen LogP contribution in [0.15, 0.2) is 30.3 Å². The molecule has 0 aliphatic heterocycles. The molecule has 0 saturated carbocycles. The fourth-order valence-electron chi connectivity index (χ4n) is 2.68. The molecule has 15 heteroatoms. The second-order valence-electron chi connectivity index (χ2n) is 6.49. The Balaban J connectivity index is 1.46. The fourth-order valence-corrected chi connectivity index (χ4v) is 4.34. The number of thiazole rings is 2. The Kier molecular flexibility index (Phi) is 6.23. The number of rotatable bonds is 5. The smallest absolute Gasteiger partial charge is 0.342 e. The number of carbonyl (C=O) groups excluding carboxylic acids is 2. The van der Waals surface area contributed by atoms with Gasteiger partial charge in [-0.05, 0) is 13.0 Å². The predicted octanol–water partition coefficient (Wildman–Crippen LogP) is 4.35. The van der Waals surface area contributed by atoms with Gasteiger partial charge in [-0.25, -0.2) is 24.9 Å². The van der Waals surface area contributed by atoms with Crippen LogP contribution in [0.25, 0.3) is 10.3 Å². The lowest BCUT2D eigenvalue weighted by molar-refractivity contribution is -0.137. The quantitative estimate of drug-likeness (QED) is 0.406. The first kappa shape index (κ1) is 22.9. The maximum atomic E-state index is 13.0. The molecule has 4 aromatic heterocycles. The molecule has 0 aliphatic rings. The van der Waals surface area contributed by atoms with Crippen molar-refractivity contribution < 1.29 is 22.8 Å². The third-order valence-corrected chi connectivity index (χ3v) is 6.43. The summed E-state index contributed by atoms with van der Waals surface area (Å²) in [4.78, 5) is 45.7. The Morgan fingerprint density at radius 3 is 2.64 bits per heavy atom. The van der Waals surface area contributed by atoms with Gasteiger partial charge < -0.3 is 10.6 Å². The average molecular weight is 514 g/mol. The van der Waals surface area contributed by atoms with E-state index in [9.17, 15) is 22.8 Å². The highest BCUT2D eigenvalue weighted by Crippen LogP contribution is 2.35. The lowest BCUT2D eigenvalue weighted by Gasteiger charge is -2.11. The van der Waals surface area contributed by atoms with Crippen molar-refractivity contribution in [3.63, 3.8) is 0 Å². The molecule has 170 valence electrons. The zero-order chi connectivity index (χ0) is 23.8. The molecule has 0 aromatic carbocycles. The number of pyridine rings is 1. The number of alkyl halides is 3. The van der Waals surface area contributed by atoms with Crippen LogP contribution in [0, 0.1) is 0 Å². The maximum Gasteiger partial charge on any atom is 0.418 e. The van der Waals surface area contributed by atoms with Gasteiger partial charge in [0.2, 0.25) is 0 Å². The lowest BCUT2D eigenvalue weighted by atomic mass is 10.2. The second-order valence-corrected chi connectivity index (χ2v) is 8.79. The molecule has 9 nitrogen and oxygen atoms in total. The fraction of sp³-hybridized carbons (Fsp3) is 0.167. The van der Waals surface area contributed by atoms with E-state index in [1.807, 2.05) is 0 Å². The van der Waals surface area contributed by atoms with Gasteiger partial charge in [0, 0.05) is 6.20 Å². The van der Waals surface area contributed by atoms with Gasteiger partial charge in [-0.3, -0.25) is 9.59 Å². The van der Waals surface area contributed by atoms with Crippen LogP contribution in [-0.4, -0.2) is 36.7 Å². The van der Waals surface area contributed by atoms with Gasteiger partial charge in [-0.1, -0.05) is 11.6 Å². The van der Waals surface area contributed by atoms with Crippen LogP contribution in [0.2, 0.25) is 5.02 Å². The molecule has 33 heavy (non-hydrogen) atoms. The zero-order valence-corrected chi connectivity index (χ0v) is 18.7. The van der Waals surface area contributed by atoms with Crippen molar-refractivity contribution in [2.45, 2.75) is 19.1 Å². The molecule has 0 fully saturated rings. The van der Waals surface area contributed by atoms with E-state index in [2.05, 4.69) is 35.6 Å². The van der Waals surface area contributed by atoms with Crippen molar-refractivity contribution in [2.24, 2.45) is 0 Å². The highest BCUT2D eigenvalue weighted by atomic mass is 35.5. The molecule has 4 rings (SSSR count). The average Bonchev–Trinajstić information content (AvgIpc) is 3.43. The monoisotopic (exact) mass is 513 g/mol. The van der Waals surface area contributed by atoms with E-state index in [1.54, 1.807) is 12.4 Å². The Morgan fingerprint density at radius 2 is 1.88 bits per heavy atom. The van der Waals surface area contributed by atoms with Crippen LogP contribution in [0.5, 0.6) is 0 Å². The van der Waals surface area contributed by atoms with Gasteiger partial charge in [-0.15, -0.1) is 22.7 Å². The normalized spacial score (nSPS) is 12.5. The topological polar surface area (TPSA) is 123 Å². The second kappa shape index (κ2) is 8.96. The van der Waals surface area contributed by atoms with Crippen molar-refractivity contribution in [1.29, 1.82) is 0 Å². The molecule has 4 heterocycles. The highest BCUT2D eigenvalue weighted by Gasteiger charge is 2.34. The maximum absolute atomic E-state index is 13.0. The number of anilines is 1. The van der Waals surface area contributed by atoms with E-state index < -0.39 is 34.6 Å². The number of halogens is 4. The standard InChI is InChI=1S/C18H11ClF3N7O2S2/c1-7(28-15(31)12-13-17(26-5-25-12)32-6-27-13)16-24-4-10(33-16)14(30)29-11-2-8(18(20,21)22)9(19)3-23-11/h2-7H,1H3,(H,28,31)(H,23,29,30)/t7-/m0/s1. The molecule has 2 amide bonds. The summed E-state index contributed by atoms with van der Waals surface area (Å²) in [6, 6.07) is 0.0598. The van der Waals surface area contributed by atoms with Gasteiger partial charge in [-0.2, -0.15) is 13.2 Å². The summed E-state index contributed by atoms with van der Waals surface area (Å²) >= 11 is 7.77. The molecular weight excluding hydrogens is 503 g/mol. The van der Waals surface area contributed by atoms with Crippen LogP contribution in [0.3, 0.4) is 0 Å². The Morgan fingerprint density at radius 1 is 1.09 bits per heavy atom. The Labute approximate surface area is 196 Å². The molecule has 1 atom stereocenters. The summed E-state index contributed by atoms with van der Waals surface area (Å²) in [6.45, 7) is 1.66. The summed E-state index contributed by atoms with van der Waals surface area (Å²) in [6.07, 6.45) is -1.37. The predicted molar refractivity (Wildman–Crippen MR) is 115 cm³/mol. The van der Waals surface area contributed by atoms with Crippen molar-refractivity contribution in [3.8, 4) is 0 Å². The summed E-state index contributed by atoms with van der Waals surface area (Å²) in [7, 11) is 0.